The van der Waals surface area contributed by atoms with Gasteiger partial charge in [-0.05, 0) is 121 Å². The van der Waals surface area contributed by atoms with Crippen LogP contribution in [0.3, 0.4) is 0 Å². The number of hydrogen-bond acceptors (Lipinski definition) is 1. The molecule has 332 valence electrons. The standard InChI is InChI=1S/C69H46N2/c1-3-23-53(24-4-1)69(54-25-5-2-6-26-54)63-32-13-11-30-59(63)60-42-41-56(46-64(60)69)70(65-34-16-20-49-18-7-9-28-57(49)65)55-27-15-22-51(44-55)47-36-38-48(39-37-47)52-40-43-68-62(45-52)61-31-12-14-33-67(61)71(68)66-35-17-21-50-19-8-10-29-58(50)66/h1-46H. The van der Waals surface area contributed by atoms with Crippen molar-refractivity contribution in [1.29, 1.82) is 0 Å². The number of aromatic nitrogens is 1. The summed E-state index contributed by atoms with van der Waals surface area (Å²) in [4.78, 5) is 2.47. The second kappa shape index (κ2) is 16.5. The molecule has 12 aromatic carbocycles. The van der Waals surface area contributed by atoms with Crippen LogP contribution < -0.4 is 4.90 Å². The van der Waals surface area contributed by atoms with Gasteiger partial charge in [-0.15, -0.1) is 0 Å². The third-order valence-corrected chi connectivity index (χ3v) is 15.0. The third kappa shape index (κ3) is 6.42. The van der Waals surface area contributed by atoms with E-state index in [2.05, 4.69) is 289 Å². The smallest absolute Gasteiger partial charge is 0.0714 e. The van der Waals surface area contributed by atoms with Crippen molar-refractivity contribution in [2.24, 2.45) is 0 Å². The fourth-order valence-electron chi connectivity index (χ4n) is 11.9. The first-order chi connectivity index (χ1) is 35.2. The van der Waals surface area contributed by atoms with E-state index in [-0.39, 0.29) is 0 Å². The van der Waals surface area contributed by atoms with Gasteiger partial charge in [0.15, 0.2) is 0 Å². The Morgan fingerprint density at radius 1 is 0.296 bits per heavy atom. The average molecular weight is 903 g/mol. The number of rotatable bonds is 8. The average Bonchev–Trinajstić information content (AvgIpc) is 3.94. The summed E-state index contributed by atoms with van der Waals surface area (Å²) in [6, 6.07) is 103. The van der Waals surface area contributed by atoms with Crippen molar-refractivity contribution < 1.29 is 0 Å². The van der Waals surface area contributed by atoms with E-state index in [0.717, 1.165) is 22.6 Å². The van der Waals surface area contributed by atoms with Crippen molar-refractivity contribution in [3.8, 4) is 39.1 Å². The molecule has 71 heavy (non-hydrogen) atoms. The fourth-order valence-corrected chi connectivity index (χ4v) is 11.9. The van der Waals surface area contributed by atoms with Gasteiger partial charge in [0.05, 0.1) is 27.8 Å². The van der Waals surface area contributed by atoms with Crippen LogP contribution in [-0.2, 0) is 5.41 Å². The summed E-state index contributed by atoms with van der Waals surface area (Å²) in [5.74, 6) is 0. The molecule has 0 fully saturated rings. The first kappa shape index (κ1) is 40.8. The molecule has 1 aliphatic carbocycles. The van der Waals surface area contributed by atoms with Crippen LogP contribution in [0.2, 0.25) is 0 Å². The number of hydrogen-bond donors (Lipinski definition) is 0. The van der Waals surface area contributed by atoms with Crippen molar-refractivity contribution >= 4 is 60.4 Å². The van der Waals surface area contributed by atoms with Crippen LogP contribution in [0.4, 0.5) is 17.1 Å². The molecule has 0 N–H and O–H groups in total. The van der Waals surface area contributed by atoms with Crippen molar-refractivity contribution in [3.63, 3.8) is 0 Å². The summed E-state index contributed by atoms with van der Waals surface area (Å²) in [6.07, 6.45) is 0. The summed E-state index contributed by atoms with van der Waals surface area (Å²) in [7, 11) is 0. The first-order valence-corrected chi connectivity index (χ1v) is 24.6. The van der Waals surface area contributed by atoms with Gasteiger partial charge in [-0.3, -0.25) is 0 Å². The Morgan fingerprint density at radius 2 is 0.831 bits per heavy atom. The summed E-state index contributed by atoms with van der Waals surface area (Å²) in [6.45, 7) is 0. The zero-order valence-electron chi connectivity index (χ0n) is 39.0. The number of fused-ring (bicyclic) bond motifs is 8. The van der Waals surface area contributed by atoms with E-state index in [0.29, 0.717) is 0 Å². The molecule has 14 rings (SSSR count). The predicted octanol–water partition coefficient (Wildman–Crippen LogP) is 18.3. The van der Waals surface area contributed by atoms with E-state index in [1.54, 1.807) is 0 Å². The molecule has 0 spiro atoms. The number of benzene rings is 12. The molecule has 0 bridgehead atoms. The lowest BCUT2D eigenvalue weighted by Gasteiger charge is -2.35. The predicted molar refractivity (Wildman–Crippen MR) is 299 cm³/mol. The minimum Gasteiger partial charge on any atom is -0.310 e. The second-order valence-electron chi connectivity index (χ2n) is 18.8. The molecule has 1 aliphatic rings. The van der Waals surface area contributed by atoms with Gasteiger partial charge in [0, 0.05) is 32.9 Å². The Balaban J connectivity index is 0.888. The Bertz CT molecular complexity index is 4120. The molecule has 0 amide bonds. The Hall–Kier alpha value is -9.24. The fraction of sp³-hybridized carbons (Fsp3) is 0.0145. The van der Waals surface area contributed by atoms with E-state index in [9.17, 15) is 0 Å². The van der Waals surface area contributed by atoms with Crippen molar-refractivity contribution in [1.82, 2.24) is 4.57 Å². The number of nitrogens with zero attached hydrogens (tertiary/aromatic N) is 2. The van der Waals surface area contributed by atoms with Gasteiger partial charge in [0.1, 0.15) is 0 Å². The van der Waals surface area contributed by atoms with E-state index in [4.69, 9.17) is 0 Å². The molecule has 0 unspecified atom stereocenters. The second-order valence-corrected chi connectivity index (χ2v) is 18.8. The maximum absolute atomic E-state index is 2.47. The van der Waals surface area contributed by atoms with E-state index < -0.39 is 5.41 Å². The van der Waals surface area contributed by atoms with Gasteiger partial charge in [-0.25, -0.2) is 0 Å². The minimum absolute atomic E-state index is 0.517. The Morgan fingerprint density at radius 3 is 1.59 bits per heavy atom. The molecule has 0 saturated heterocycles. The van der Waals surface area contributed by atoms with Crippen molar-refractivity contribution in [2.45, 2.75) is 5.41 Å². The molecular formula is C69H46N2. The normalized spacial score (nSPS) is 12.6. The monoisotopic (exact) mass is 902 g/mol. The molecule has 0 atom stereocenters. The van der Waals surface area contributed by atoms with Crippen LogP contribution in [0.25, 0.3) is 82.4 Å². The first-order valence-electron chi connectivity index (χ1n) is 24.6. The van der Waals surface area contributed by atoms with Crippen LogP contribution in [0.15, 0.2) is 279 Å². The van der Waals surface area contributed by atoms with Gasteiger partial charge in [-0.2, -0.15) is 0 Å². The molecular weight excluding hydrogens is 857 g/mol. The number of anilines is 3. The lowest BCUT2D eigenvalue weighted by molar-refractivity contribution is 0.768. The van der Waals surface area contributed by atoms with Crippen LogP contribution in [-0.4, -0.2) is 4.57 Å². The lowest BCUT2D eigenvalue weighted by atomic mass is 9.67. The maximum Gasteiger partial charge on any atom is 0.0714 e. The highest BCUT2D eigenvalue weighted by Gasteiger charge is 2.46. The molecule has 0 aliphatic heterocycles. The van der Waals surface area contributed by atoms with Gasteiger partial charge < -0.3 is 9.47 Å². The van der Waals surface area contributed by atoms with Gasteiger partial charge in [0.2, 0.25) is 0 Å². The molecule has 0 saturated carbocycles. The number of para-hydroxylation sites is 1. The van der Waals surface area contributed by atoms with Gasteiger partial charge in [0.25, 0.3) is 0 Å². The SMILES string of the molecule is c1ccc(C2(c3ccccc3)c3ccccc3-c3ccc(N(c4cccc(-c5ccc(-c6ccc7c(c6)c6ccccc6n7-c6cccc7ccccc67)cc5)c4)c4cccc5ccccc45)cc32)cc1. The van der Waals surface area contributed by atoms with Crippen molar-refractivity contribution in [3.05, 3.63) is 301 Å². The van der Waals surface area contributed by atoms with Crippen LogP contribution in [0, 0.1) is 0 Å². The summed E-state index contributed by atoms with van der Waals surface area (Å²) in [5.41, 5.74) is 18.8. The highest BCUT2D eigenvalue weighted by molar-refractivity contribution is 6.12. The summed E-state index contributed by atoms with van der Waals surface area (Å²) >= 11 is 0. The topological polar surface area (TPSA) is 8.17 Å². The zero-order valence-corrected chi connectivity index (χ0v) is 39.0. The lowest BCUT2D eigenvalue weighted by Crippen LogP contribution is -2.28. The van der Waals surface area contributed by atoms with Crippen molar-refractivity contribution in [2.75, 3.05) is 4.90 Å². The molecule has 0 radical (unpaired) electrons. The van der Waals surface area contributed by atoms with E-state index in [1.165, 1.54) is 99.1 Å². The zero-order chi connectivity index (χ0) is 46.9. The Kier molecular flexibility index (Phi) is 9.47. The largest absolute Gasteiger partial charge is 0.310 e. The maximum atomic E-state index is 2.47. The van der Waals surface area contributed by atoms with Crippen LogP contribution in [0.1, 0.15) is 22.3 Å². The summed E-state index contributed by atoms with van der Waals surface area (Å²) in [5, 5.41) is 7.38. The van der Waals surface area contributed by atoms with E-state index >= 15 is 0 Å². The highest BCUT2D eigenvalue weighted by atomic mass is 15.1. The molecule has 13 aromatic rings. The molecule has 1 aromatic heterocycles. The van der Waals surface area contributed by atoms with Gasteiger partial charge in [-0.1, -0.05) is 224 Å². The highest BCUT2D eigenvalue weighted by Crippen LogP contribution is 2.57. The van der Waals surface area contributed by atoms with Crippen LogP contribution >= 0.6 is 0 Å². The molecule has 2 nitrogen and oxygen atoms in total. The Labute approximate surface area is 413 Å². The third-order valence-electron chi connectivity index (χ3n) is 15.0. The van der Waals surface area contributed by atoms with E-state index in [1.807, 2.05) is 0 Å². The molecule has 2 heteroatoms. The van der Waals surface area contributed by atoms with Gasteiger partial charge >= 0.3 is 0 Å². The van der Waals surface area contributed by atoms with Crippen LogP contribution in [0.5, 0.6) is 0 Å². The molecule has 1 heterocycles. The quantitative estimate of drug-likeness (QED) is 0.147. The minimum atomic E-state index is -0.517. The summed E-state index contributed by atoms with van der Waals surface area (Å²) < 4.78 is 2.43.